The molecule has 3 heteroatoms. The van der Waals surface area contributed by atoms with Gasteiger partial charge in [0.15, 0.2) is 0 Å². The van der Waals surface area contributed by atoms with Crippen molar-refractivity contribution in [2.75, 3.05) is 6.61 Å². The summed E-state index contributed by atoms with van der Waals surface area (Å²) < 4.78 is 0. The van der Waals surface area contributed by atoms with E-state index >= 15 is 0 Å². The van der Waals surface area contributed by atoms with Crippen molar-refractivity contribution in [3.8, 4) is 0 Å². The van der Waals surface area contributed by atoms with Crippen LogP contribution in [0.25, 0.3) is 0 Å². The standard InChI is InChI=1S/C16H22ClNO/c17-12-6-4-11(5-7-12)16(10-19)9-8-14(16)13-2-1-3-15(13)18/h4-7,13-15,19H,1-3,8-10,18H2/t13-,14?,15-,16+/m0/s1. The minimum Gasteiger partial charge on any atom is -0.395 e. The highest BCUT2D eigenvalue weighted by molar-refractivity contribution is 6.30. The Morgan fingerprint density at radius 2 is 1.95 bits per heavy atom. The van der Waals surface area contributed by atoms with Gasteiger partial charge >= 0.3 is 0 Å². The molecule has 0 aliphatic heterocycles. The minimum atomic E-state index is -0.0722. The van der Waals surface area contributed by atoms with Crippen LogP contribution in [-0.2, 0) is 5.41 Å². The van der Waals surface area contributed by atoms with E-state index in [-0.39, 0.29) is 12.0 Å². The number of halogens is 1. The van der Waals surface area contributed by atoms with Crippen molar-refractivity contribution in [3.63, 3.8) is 0 Å². The van der Waals surface area contributed by atoms with Gasteiger partial charge in [-0.05, 0) is 55.2 Å². The van der Waals surface area contributed by atoms with Crippen molar-refractivity contribution in [1.29, 1.82) is 0 Å². The maximum absolute atomic E-state index is 10.0. The molecule has 1 aromatic rings. The third-order valence-corrected chi connectivity index (χ3v) is 5.71. The first kappa shape index (κ1) is 13.4. The molecule has 0 heterocycles. The lowest BCUT2D eigenvalue weighted by molar-refractivity contribution is 0.00643. The third kappa shape index (κ3) is 2.10. The highest BCUT2D eigenvalue weighted by Crippen LogP contribution is 2.55. The number of nitrogens with two attached hydrogens (primary N) is 1. The molecule has 2 fully saturated rings. The van der Waals surface area contributed by atoms with E-state index in [1.807, 2.05) is 12.1 Å². The molecule has 19 heavy (non-hydrogen) atoms. The summed E-state index contributed by atoms with van der Waals surface area (Å²) in [6, 6.07) is 8.33. The summed E-state index contributed by atoms with van der Waals surface area (Å²) in [6.07, 6.45) is 5.87. The lowest BCUT2D eigenvalue weighted by Crippen LogP contribution is -2.53. The fraction of sp³-hybridized carbons (Fsp3) is 0.625. The Labute approximate surface area is 120 Å². The van der Waals surface area contributed by atoms with Crippen LogP contribution in [-0.4, -0.2) is 17.8 Å². The van der Waals surface area contributed by atoms with Crippen LogP contribution >= 0.6 is 11.6 Å². The van der Waals surface area contributed by atoms with Crippen LogP contribution in [0, 0.1) is 11.8 Å². The van der Waals surface area contributed by atoms with Gasteiger partial charge in [-0.25, -0.2) is 0 Å². The number of hydrogen-bond acceptors (Lipinski definition) is 2. The Kier molecular flexibility index (Phi) is 3.59. The average molecular weight is 280 g/mol. The van der Waals surface area contributed by atoms with Crippen LogP contribution in [0.15, 0.2) is 24.3 Å². The van der Waals surface area contributed by atoms with Crippen molar-refractivity contribution in [1.82, 2.24) is 0 Å². The van der Waals surface area contributed by atoms with E-state index < -0.39 is 0 Å². The normalized spacial score (nSPS) is 38.2. The predicted octanol–water partition coefficient (Wildman–Crippen LogP) is 3.11. The Bertz CT molecular complexity index is 443. The summed E-state index contributed by atoms with van der Waals surface area (Å²) in [5.74, 6) is 1.12. The molecule has 0 bridgehead atoms. The van der Waals surface area contributed by atoms with Gasteiger partial charge < -0.3 is 10.8 Å². The highest BCUT2D eigenvalue weighted by Gasteiger charge is 2.52. The van der Waals surface area contributed by atoms with Gasteiger partial charge in [-0.3, -0.25) is 0 Å². The van der Waals surface area contributed by atoms with Crippen LogP contribution < -0.4 is 5.73 Å². The summed E-state index contributed by atoms with van der Waals surface area (Å²) in [7, 11) is 0. The van der Waals surface area contributed by atoms with Crippen LogP contribution in [0.2, 0.25) is 5.02 Å². The summed E-state index contributed by atoms with van der Waals surface area (Å²) >= 11 is 5.97. The molecule has 0 spiro atoms. The largest absolute Gasteiger partial charge is 0.395 e. The highest BCUT2D eigenvalue weighted by atomic mass is 35.5. The molecular formula is C16H22ClNO. The molecule has 0 aromatic heterocycles. The fourth-order valence-electron chi connectivity index (χ4n) is 4.23. The molecule has 0 saturated heterocycles. The smallest absolute Gasteiger partial charge is 0.0530 e. The molecule has 0 amide bonds. The van der Waals surface area contributed by atoms with E-state index in [2.05, 4.69) is 12.1 Å². The van der Waals surface area contributed by atoms with Crippen molar-refractivity contribution >= 4 is 11.6 Å². The summed E-state index contributed by atoms with van der Waals surface area (Å²) in [6.45, 7) is 0.225. The monoisotopic (exact) mass is 279 g/mol. The van der Waals surface area contributed by atoms with Crippen LogP contribution in [0.5, 0.6) is 0 Å². The molecule has 1 aromatic carbocycles. The minimum absolute atomic E-state index is 0.0722. The third-order valence-electron chi connectivity index (χ3n) is 5.45. The quantitative estimate of drug-likeness (QED) is 0.893. The molecule has 104 valence electrons. The second-order valence-electron chi connectivity index (χ2n) is 6.22. The Balaban J connectivity index is 1.89. The van der Waals surface area contributed by atoms with Crippen molar-refractivity contribution in [3.05, 3.63) is 34.9 Å². The van der Waals surface area contributed by atoms with Gasteiger partial charge in [0.25, 0.3) is 0 Å². The molecule has 3 rings (SSSR count). The maximum Gasteiger partial charge on any atom is 0.0530 e. The zero-order valence-electron chi connectivity index (χ0n) is 11.2. The molecule has 2 aliphatic rings. The molecular weight excluding hydrogens is 258 g/mol. The molecule has 4 atom stereocenters. The maximum atomic E-state index is 10.0. The van der Waals surface area contributed by atoms with E-state index in [1.54, 1.807) is 0 Å². The van der Waals surface area contributed by atoms with E-state index in [1.165, 1.54) is 24.8 Å². The second-order valence-corrected chi connectivity index (χ2v) is 6.66. The topological polar surface area (TPSA) is 46.2 Å². The zero-order chi connectivity index (χ0) is 13.5. The fourth-order valence-corrected chi connectivity index (χ4v) is 4.35. The van der Waals surface area contributed by atoms with Crippen molar-refractivity contribution in [2.24, 2.45) is 17.6 Å². The van der Waals surface area contributed by atoms with Crippen LogP contribution in [0.3, 0.4) is 0 Å². The number of rotatable bonds is 3. The number of benzene rings is 1. The number of aliphatic hydroxyl groups is 1. The molecule has 1 unspecified atom stereocenters. The predicted molar refractivity (Wildman–Crippen MR) is 78.3 cm³/mol. The van der Waals surface area contributed by atoms with Gasteiger partial charge in [-0.15, -0.1) is 0 Å². The van der Waals surface area contributed by atoms with Gasteiger partial charge in [0.05, 0.1) is 6.61 Å². The first-order valence-corrected chi connectivity index (χ1v) is 7.68. The first-order valence-electron chi connectivity index (χ1n) is 7.30. The second kappa shape index (κ2) is 5.08. The van der Waals surface area contributed by atoms with Gasteiger partial charge in [0.2, 0.25) is 0 Å². The molecule has 2 nitrogen and oxygen atoms in total. The van der Waals surface area contributed by atoms with Crippen LogP contribution in [0.4, 0.5) is 0 Å². The Morgan fingerprint density at radius 3 is 2.42 bits per heavy atom. The summed E-state index contributed by atoms with van der Waals surface area (Å²) in [5.41, 5.74) is 7.42. The average Bonchev–Trinajstić information content (AvgIpc) is 2.78. The van der Waals surface area contributed by atoms with Gasteiger partial charge in [0, 0.05) is 16.5 Å². The van der Waals surface area contributed by atoms with Crippen molar-refractivity contribution in [2.45, 2.75) is 43.6 Å². The Hall–Kier alpha value is -0.570. The van der Waals surface area contributed by atoms with Gasteiger partial charge in [0.1, 0.15) is 0 Å². The van der Waals surface area contributed by atoms with Gasteiger partial charge in [-0.1, -0.05) is 30.2 Å². The Morgan fingerprint density at radius 1 is 1.21 bits per heavy atom. The first-order chi connectivity index (χ1) is 9.17. The van der Waals surface area contributed by atoms with E-state index in [9.17, 15) is 5.11 Å². The lowest BCUT2D eigenvalue weighted by Gasteiger charge is -2.53. The summed E-state index contributed by atoms with van der Waals surface area (Å²) in [4.78, 5) is 0. The number of aliphatic hydroxyl groups excluding tert-OH is 1. The zero-order valence-corrected chi connectivity index (χ0v) is 11.9. The molecule has 3 N–H and O–H groups in total. The SMILES string of the molecule is N[C@H]1CCC[C@H]1C1CC[C@@]1(CO)c1ccc(Cl)cc1. The molecule has 0 radical (unpaired) electrons. The van der Waals surface area contributed by atoms with E-state index in [0.29, 0.717) is 17.9 Å². The lowest BCUT2D eigenvalue weighted by atomic mass is 9.52. The van der Waals surface area contributed by atoms with E-state index in [0.717, 1.165) is 17.9 Å². The molecule has 2 aliphatic carbocycles. The summed E-state index contributed by atoms with van der Waals surface area (Å²) in [5, 5.41) is 10.8. The number of hydrogen-bond donors (Lipinski definition) is 2. The van der Waals surface area contributed by atoms with Crippen LogP contribution in [0.1, 0.15) is 37.7 Å². The van der Waals surface area contributed by atoms with E-state index in [4.69, 9.17) is 17.3 Å². The van der Waals surface area contributed by atoms with Gasteiger partial charge in [-0.2, -0.15) is 0 Å². The molecule has 2 saturated carbocycles. The van der Waals surface area contributed by atoms with Crippen molar-refractivity contribution < 1.29 is 5.11 Å².